The Morgan fingerprint density at radius 2 is 2.15 bits per heavy atom. The van der Waals surface area contributed by atoms with Crippen LogP contribution in [0.1, 0.15) is 11.3 Å². The van der Waals surface area contributed by atoms with Crippen molar-refractivity contribution in [3.05, 3.63) is 58.3 Å². The minimum Gasteiger partial charge on any atom is -0.368 e. The summed E-state index contributed by atoms with van der Waals surface area (Å²) in [6, 6.07) is 9.64. The van der Waals surface area contributed by atoms with Gasteiger partial charge in [0.05, 0.1) is 12.3 Å². The summed E-state index contributed by atoms with van der Waals surface area (Å²) in [7, 11) is 0. The number of hydrogen-bond acceptors (Lipinski definition) is 5. The largest absolute Gasteiger partial charge is 0.368 e. The van der Waals surface area contributed by atoms with Crippen molar-refractivity contribution < 1.29 is 4.84 Å². The van der Waals surface area contributed by atoms with Gasteiger partial charge in [-0.15, -0.1) is 0 Å². The molecule has 0 aliphatic heterocycles. The SMILES string of the molecule is Cc1cc2cn(-c3ccc(CNCCONC(=N)N)cc3)c(=O)nc2[nH]1. The molecule has 3 rings (SSSR count). The number of aromatic amines is 1. The normalized spacial score (nSPS) is 11.0. The molecule has 0 radical (unpaired) electrons. The molecule has 0 bridgehead atoms. The molecule has 3 aromatic rings. The first-order valence-electron chi connectivity index (χ1n) is 8.14. The predicted molar refractivity (Wildman–Crippen MR) is 99.1 cm³/mol. The van der Waals surface area contributed by atoms with Crippen molar-refractivity contribution in [3.63, 3.8) is 0 Å². The average Bonchev–Trinajstić information content (AvgIpc) is 2.96. The molecule has 0 saturated carbocycles. The molecule has 6 N–H and O–H groups in total. The molecule has 0 spiro atoms. The summed E-state index contributed by atoms with van der Waals surface area (Å²) in [4.78, 5) is 24.3. The number of nitrogens with two attached hydrogens (primary N) is 1. The van der Waals surface area contributed by atoms with Gasteiger partial charge in [-0.25, -0.2) is 10.3 Å². The van der Waals surface area contributed by atoms with Crippen LogP contribution in [0.2, 0.25) is 0 Å². The maximum Gasteiger partial charge on any atom is 0.354 e. The van der Waals surface area contributed by atoms with E-state index in [1.54, 1.807) is 6.20 Å². The summed E-state index contributed by atoms with van der Waals surface area (Å²) < 4.78 is 1.54. The Kier molecular flexibility index (Phi) is 5.30. The second kappa shape index (κ2) is 7.81. The smallest absolute Gasteiger partial charge is 0.354 e. The number of fused-ring (bicyclic) bond motifs is 1. The monoisotopic (exact) mass is 355 g/mol. The van der Waals surface area contributed by atoms with Gasteiger partial charge in [-0.1, -0.05) is 12.1 Å². The van der Waals surface area contributed by atoms with Gasteiger partial charge in [0.25, 0.3) is 0 Å². The number of H-pyrrole nitrogens is 1. The van der Waals surface area contributed by atoms with Crippen LogP contribution >= 0.6 is 0 Å². The standard InChI is InChI=1S/C17H21N7O2/c1-11-8-13-10-24(17(25)22-15(13)21-11)14-4-2-12(3-5-14)9-20-6-7-26-23-16(18)19/h2-5,8,10,20H,6-7,9H2,1H3,(H4,18,19,23)(H,21,22,25). The van der Waals surface area contributed by atoms with Crippen LogP contribution in [0.15, 0.2) is 41.3 Å². The van der Waals surface area contributed by atoms with Crippen molar-refractivity contribution in [2.45, 2.75) is 13.5 Å². The highest BCUT2D eigenvalue weighted by Gasteiger charge is 2.06. The molecule has 0 unspecified atom stereocenters. The molecule has 0 fully saturated rings. The van der Waals surface area contributed by atoms with Gasteiger partial charge in [0, 0.05) is 30.4 Å². The molecule has 0 amide bonds. The molecule has 9 heteroatoms. The van der Waals surface area contributed by atoms with Gasteiger partial charge in [-0.05, 0) is 30.7 Å². The average molecular weight is 355 g/mol. The zero-order valence-electron chi connectivity index (χ0n) is 14.4. The maximum absolute atomic E-state index is 12.2. The van der Waals surface area contributed by atoms with Crippen molar-refractivity contribution >= 4 is 17.0 Å². The van der Waals surface area contributed by atoms with Gasteiger partial charge < -0.3 is 16.0 Å². The first-order chi connectivity index (χ1) is 12.5. The van der Waals surface area contributed by atoms with E-state index in [4.69, 9.17) is 16.0 Å². The number of hydroxylamine groups is 1. The lowest BCUT2D eigenvalue weighted by Gasteiger charge is -2.08. The predicted octanol–water partition coefficient (Wildman–Crippen LogP) is 0.526. The fourth-order valence-corrected chi connectivity index (χ4v) is 2.58. The van der Waals surface area contributed by atoms with Crippen LogP contribution in [-0.4, -0.2) is 33.6 Å². The topological polar surface area (TPSA) is 134 Å². The van der Waals surface area contributed by atoms with E-state index in [0.717, 1.165) is 22.3 Å². The van der Waals surface area contributed by atoms with Crippen LogP contribution in [0.3, 0.4) is 0 Å². The fraction of sp³-hybridized carbons (Fsp3) is 0.235. The first kappa shape index (κ1) is 17.6. The minimum atomic E-state index is -0.319. The van der Waals surface area contributed by atoms with Crippen LogP contribution in [0.5, 0.6) is 0 Å². The van der Waals surface area contributed by atoms with Gasteiger partial charge in [0.1, 0.15) is 5.65 Å². The third kappa shape index (κ3) is 4.26. The Morgan fingerprint density at radius 1 is 1.38 bits per heavy atom. The van der Waals surface area contributed by atoms with E-state index < -0.39 is 0 Å². The lowest BCUT2D eigenvalue weighted by Crippen LogP contribution is -2.32. The van der Waals surface area contributed by atoms with Crippen LogP contribution in [-0.2, 0) is 11.4 Å². The maximum atomic E-state index is 12.2. The number of guanidine groups is 1. The van der Waals surface area contributed by atoms with Crippen LogP contribution in [0.4, 0.5) is 0 Å². The highest BCUT2D eigenvalue weighted by Crippen LogP contribution is 2.13. The minimum absolute atomic E-state index is 0.224. The van der Waals surface area contributed by atoms with E-state index in [1.807, 2.05) is 37.3 Å². The second-order valence-corrected chi connectivity index (χ2v) is 5.86. The molecule has 2 aromatic heterocycles. The quantitative estimate of drug-likeness (QED) is 0.182. The van der Waals surface area contributed by atoms with Crippen LogP contribution in [0, 0.1) is 12.3 Å². The molecule has 0 aliphatic rings. The number of hydrogen-bond donors (Lipinski definition) is 5. The van der Waals surface area contributed by atoms with Crippen molar-refractivity contribution in [3.8, 4) is 5.69 Å². The summed E-state index contributed by atoms with van der Waals surface area (Å²) in [6.45, 7) is 3.58. The lowest BCUT2D eigenvalue weighted by molar-refractivity contribution is 0.0855. The molecular formula is C17H21N7O2. The van der Waals surface area contributed by atoms with Gasteiger partial charge in [-0.2, -0.15) is 4.98 Å². The molecular weight excluding hydrogens is 334 g/mol. The van der Waals surface area contributed by atoms with Crippen molar-refractivity contribution in [1.82, 2.24) is 25.3 Å². The molecule has 0 aliphatic carbocycles. The summed E-state index contributed by atoms with van der Waals surface area (Å²) in [6.07, 6.45) is 1.79. The van der Waals surface area contributed by atoms with E-state index >= 15 is 0 Å². The van der Waals surface area contributed by atoms with Crippen molar-refractivity contribution in [2.24, 2.45) is 5.73 Å². The Labute approximate surface area is 149 Å². The molecule has 136 valence electrons. The molecule has 1 aromatic carbocycles. The molecule has 9 nitrogen and oxygen atoms in total. The molecule has 26 heavy (non-hydrogen) atoms. The van der Waals surface area contributed by atoms with Crippen molar-refractivity contribution in [1.29, 1.82) is 5.41 Å². The molecule has 0 atom stereocenters. The fourth-order valence-electron chi connectivity index (χ4n) is 2.58. The summed E-state index contributed by atoms with van der Waals surface area (Å²) in [5.41, 5.74) is 10.5. The number of nitrogens with zero attached hydrogens (tertiary/aromatic N) is 2. The van der Waals surface area contributed by atoms with E-state index in [0.29, 0.717) is 25.3 Å². The van der Waals surface area contributed by atoms with Gasteiger partial charge >= 0.3 is 5.69 Å². The summed E-state index contributed by atoms with van der Waals surface area (Å²) in [5.74, 6) is -0.224. The lowest BCUT2D eigenvalue weighted by atomic mass is 10.2. The summed E-state index contributed by atoms with van der Waals surface area (Å²) in [5, 5.41) is 11.1. The van der Waals surface area contributed by atoms with E-state index in [-0.39, 0.29) is 11.6 Å². The molecule has 0 saturated heterocycles. The van der Waals surface area contributed by atoms with E-state index in [9.17, 15) is 4.79 Å². The van der Waals surface area contributed by atoms with Crippen LogP contribution < -0.4 is 22.2 Å². The number of rotatable bonds is 7. The van der Waals surface area contributed by atoms with Crippen LogP contribution in [0.25, 0.3) is 16.7 Å². The Balaban J connectivity index is 1.62. The van der Waals surface area contributed by atoms with Gasteiger partial charge in [0.2, 0.25) is 5.96 Å². The Morgan fingerprint density at radius 3 is 2.88 bits per heavy atom. The number of aryl methyl sites for hydroxylation is 1. The van der Waals surface area contributed by atoms with Gasteiger partial charge in [0.15, 0.2) is 0 Å². The zero-order chi connectivity index (χ0) is 18.5. The van der Waals surface area contributed by atoms with Crippen molar-refractivity contribution in [2.75, 3.05) is 13.2 Å². The second-order valence-electron chi connectivity index (χ2n) is 5.86. The number of aromatic nitrogens is 3. The number of benzene rings is 1. The summed E-state index contributed by atoms with van der Waals surface area (Å²) >= 11 is 0. The van der Waals surface area contributed by atoms with Gasteiger partial charge in [-0.3, -0.25) is 14.8 Å². The Bertz CT molecular complexity index is 959. The highest BCUT2D eigenvalue weighted by molar-refractivity contribution is 5.75. The first-order valence-corrected chi connectivity index (χ1v) is 8.14. The highest BCUT2D eigenvalue weighted by atomic mass is 16.6. The zero-order valence-corrected chi connectivity index (χ0v) is 14.4. The number of nitrogens with one attached hydrogen (secondary N) is 4. The van der Waals surface area contributed by atoms with E-state index in [1.165, 1.54) is 4.57 Å². The third-order valence-electron chi connectivity index (χ3n) is 3.75. The Hall–Kier alpha value is -3.17. The third-order valence-corrected chi connectivity index (χ3v) is 3.75. The molecule has 2 heterocycles. The van der Waals surface area contributed by atoms with E-state index in [2.05, 4.69) is 20.8 Å².